The number of nitrogens with zero attached hydrogens (tertiary/aromatic N) is 2. The number of benzene rings is 1. The monoisotopic (exact) mass is 385 g/mol. The maximum absolute atomic E-state index is 13.0. The van der Waals surface area contributed by atoms with Crippen molar-refractivity contribution in [1.29, 1.82) is 0 Å². The lowest BCUT2D eigenvalue weighted by Crippen LogP contribution is -2.17. The molecular formula is C19H20BrN3O. The van der Waals surface area contributed by atoms with Crippen molar-refractivity contribution in [3.05, 3.63) is 63.0 Å². The van der Waals surface area contributed by atoms with Crippen LogP contribution in [0.2, 0.25) is 0 Å². The number of halogens is 1. The zero-order chi connectivity index (χ0) is 17.4. The van der Waals surface area contributed by atoms with E-state index >= 15 is 0 Å². The van der Waals surface area contributed by atoms with Crippen molar-refractivity contribution in [3.8, 4) is 0 Å². The van der Waals surface area contributed by atoms with Crippen LogP contribution in [-0.4, -0.2) is 15.3 Å². The van der Waals surface area contributed by atoms with Crippen LogP contribution in [0.1, 0.15) is 39.8 Å². The van der Waals surface area contributed by atoms with Gasteiger partial charge < -0.3 is 5.32 Å². The second-order valence-electron chi connectivity index (χ2n) is 6.09. The van der Waals surface area contributed by atoms with Gasteiger partial charge in [0.25, 0.3) is 5.91 Å². The van der Waals surface area contributed by atoms with Gasteiger partial charge in [-0.2, -0.15) is 0 Å². The average Bonchev–Trinajstić information content (AvgIpc) is 2.89. The molecule has 5 heteroatoms. The first-order valence-corrected chi connectivity index (χ1v) is 8.75. The molecule has 1 amide bonds. The summed E-state index contributed by atoms with van der Waals surface area (Å²) in [6.07, 6.45) is 2.65. The van der Waals surface area contributed by atoms with E-state index in [-0.39, 0.29) is 5.91 Å². The lowest BCUT2D eigenvalue weighted by atomic mass is 10.1. The van der Waals surface area contributed by atoms with Gasteiger partial charge in [-0.1, -0.05) is 19.1 Å². The van der Waals surface area contributed by atoms with E-state index in [4.69, 9.17) is 0 Å². The average molecular weight is 386 g/mol. The number of aromatic nitrogens is 2. The molecule has 0 saturated heterocycles. The van der Waals surface area contributed by atoms with Gasteiger partial charge >= 0.3 is 0 Å². The molecular weight excluding hydrogens is 366 g/mol. The number of amides is 1. The number of fused-ring (bicyclic) bond motifs is 1. The van der Waals surface area contributed by atoms with E-state index in [0.29, 0.717) is 12.1 Å². The molecule has 0 unspecified atom stereocenters. The highest BCUT2D eigenvalue weighted by atomic mass is 79.9. The second-order valence-corrected chi connectivity index (χ2v) is 6.95. The highest BCUT2D eigenvalue weighted by Gasteiger charge is 2.20. The summed E-state index contributed by atoms with van der Waals surface area (Å²) in [7, 11) is 0. The predicted molar refractivity (Wildman–Crippen MR) is 101 cm³/mol. The summed E-state index contributed by atoms with van der Waals surface area (Å²) >= 11 is 3.55. The van der Waals surface area contributed by atoms with Crippen molar-refractivity contribution in [2.24, 2.45) is 0 Å². The van der Waals surface area contributed by atoms with Crippen molar-refractivity contribution in [3.63, 3.8) is 0 Å². The number of carbonyl (C=O) groups excluding carboxylic acids is 1. The van der Waals surface area contributed by atoms with E-state index < -0.39 is 0 Å². The van der Waals surface area contributed by atoms with Gasteiger partial charge in [-0.15, -0.1) is 0 Å². The van der Waals surface area contributed by atoms with E-state index in [0.717, 1.165) is 38.2 Å². The minimum Gasteiger partial charge on any atom is -0.320 e. The van der Waals surface area contributed by atoms with E-state index in [1.165, 1.54) is 0 Å². The fourth-order valence-corrected chi connectivity index (χ4v) is 3.46. The molecule has 3 rings (SSSR count). The molecule has 0 aliphatic heterocycles. The Balaban J connectivity index is 2.11. The maximum Gasteiger partial charge on any atom is 0.274 e. The van der Waals surface area contributed by atoms with Gasteiger partial charge in [0, 0.05) is 11.9 Å². The van der Waals surface area contributed by atoms with Crippen LogP contribution >= 0.6 is 15.9 Å². The lowest BCUT2D eigenvalue weighted by Gasteiger charge is -2.10. The summed E-state index contributed by atoms with van der Waals surface area (Å²) < 4.78 is 2.77. The minimum atomic E-state index is -0.134. The highest BCUT2D eigenvalue weighted by Crippen LogP contribution is 2.24. The fraction of sp³-hybridized carbons (Fsp3) is 0.263. The van der Waals surface area contributed by atoms with Gasteiger partial charge in [0.05, 0.1) is 10.2 Å². The molecule has 2 heterocycles. The molecule has 0 bridgehead atoms. The molecule has 0 spiro atoms. The molecule has 0 aliphatic carbocycles. The largest absolute Gasteiger partial charge is 0.320 e. The number of hydrogen-bond acceptors (Lipinski definition) is 2. The number of carbonyl (C=O) groups is 1. The van der Waals surface area contributed by atoms with Crippen LogP contribution in [0.15, 0.2) is 34.9 Å². The van der Waals surface area contributed by atoms with Crippen molar-refractivity contribution < 1.29 is 4.79 Å². The summed E-state index contributed by atoms with van der Waals surface area (Å²) in [6.45, 7) is 8.02. The first-order chi connectivity index (χ1) is 11.4. The van der Waals surface area contributed by atoms with E-state index in [9.17, 15) is 4.79 Å². The SMILES string of the molecule is CCc1nc2c(Br)cc(C)cn2c1C(=O)Nc1cc(C)ccc1C. The number of pyridine rings is 1. The van der Waals surface area contributed by atoms with Crippen LogP contribution in [0, 0.1) is 20.8 Å². The van der Waals surface area contributed by atoms with Crippen LogP contribution < -0.4 is 5.32 Å². The van der Waals surface area contributed by atoms with E-state index in [2.05, 4.69) is 26.2 Å². The van der Waals surface area contributed by atoms with E-state index in [1.54, 1.807) is 0 Å². The molecule has 4 nitrogen and oxygen atoms in total. The molecule has 0 radical (unpaired) electrons. The number of nitrogens with one attached hydrogen (secondary N) is 1. The molecule has 0 saturated carbocycles. The molecule has 2 aromatic heterocycles. The Morgan fingerprint density at radius 3 is 2.67 bits per heavy atom. The molecule has 1 N–H and O–H groups in total. The van der Waals surface area contributed by atoms with Crippen molar-refractivity contribution in [2.75, 3.05) is 5.32 Å². The molecule has 1 aromatic carbocycles. The van der Waals surface area contributed by atoms with Crippen LogP contribution in [0.5, 0.6) is 0 Å². The first-order valence-electron chi connectivity index (χ1n) is 7.96. The Bertz CT molecular complexity index is 943. The zero-order valence-corrected chi connectivity index (χ0v) is 15.9. The highest BCUT2D eigenvalue weighted by molar-refractivity contribution is 9.10. The summed E-state index contributed by atoms with van der Waals surface area (Å²) in [6, 6.07) is 8.05. The third-order valence-corrected chi connectivity index (χ3v) is 4.66. The van der Waals surface area contributed by atoms with Crippen molar-refractivity contribution in [2.45, 2.75) is 34.1 Å². The number of anilines is 1. The Kier molecular flexibility index (Phi) is 4.45. The van der Waals surface area contributed by atoms with Gasteiger partial charge in [0.1, 0.15) is 5.69 Å². The number of aryl methyl sites for hydroxylation is 4. The maximum atomic E-state index is 13.0. The van der Waals surface area contributed by atoms with Gasteiger partial charge in [-0.25, -0.2) is 4.98 Å². The Morgan fingerprint density at radius 2 is 1.96 bits per heavy atom. The molecule has 24 heavy (non-hydrogen) atoms. The molecule has 0 atom stereocenters. The van der Waals surface area contributed by atoms with Crippen LogP contribution in [-0.2, 0) is 6.42 Å². The summed E-state index contributed by atoms with van der Waals surface area (Å²) in [5.41, 5.74) is 6.21. The van der Waals surface area contributed by atoms with Gasteiger partial charge in [-0.3, -0.25) is 9.20 Å². The van der Waals surface area contributed by atoms with Crippen molar-refractivity contribution in [1.82, 2.24) is 9.38 Å². The third-order valence-electron chi connectivity index (χ3n) is 4.08. The van der Waals surface area contributed by atoms with Crippen LogP contribution in [0.25, 0.3) is 5.65 Å². The zero-order valence-electron chi connectivity index (χ0n) is 14.3. The minimum absolute atomic E-state index is 0.134. The molecule has 3 aromatic rings. The quantitative estimate of drug-likeness (QED) is 0.701. The van der Waals surface area contributed by atoms with Gasteiger partial charge in [0.2, 0.25) is 0 Å². The van der Waals surface area contributed by atoms with Crippen molar-refractivity contribution >= 4 is 33.2 Å². The standard InChI is InChI=1S/C19H20BrN3O/c1-5-15-17(23-10-12(3)8-14(20)18(23)21-15)19(24)22-16-9-11(2)6-7-13(16)4/h6-10H,5H2,1-4H3,(H,22,24). The predicted octanol–water partition coefficient (Wildman–Crippen LogP) is 4.84. The molecule has 0 aliphatic rings. The molecule has 124 valence electrons. The normalized spacial score (nSPS) is 11.0. The second kappa shape index (κ2) is 6.40. The smallest absolute Gasteiger partial charge is 0.274 e. The first kappa shape index (κ1) is 16.7. The summed E-state index contributed by atoms with van der Waals surface area (Å²) in [5.74, 6) is -0.134. The number of hydrogen-bond donors (Lipinski definition) is 1. The number of imidazole rings is 1. The Morgan fingerprint density at radius 1 is 1.21 bits per heavy atom. The molecule has 0 fully saturated rings. The third kappa shape index (κ3) is 2.96. The topological polar surface area (TPSA) is 46.4 Å². The van der Waals surface area contributed by atoms with Gasteiger partial charge in [-0.05, 0) is 71.9 Å². The summed E-state index contributed by atoms with van der Waals surface area (Å²) in [5, 5.41) is 3.04. The van der Waals surface area contributed by atoms with Crippen LogP contribution in [0.3, 0.4) is 0 Å². The fourth-order valence-electron chi connectivity index (χ4n) is 2.82. The summed E-state index contributed by atoms with van der Waals surface area (Å²) in [4.78, 5) is 17.6. The Hall–Kier alpha value is -2.14. The lowest BCUT2D eigenvalue weighted by molar-refractivity contribution is 0.102. The van der Waals surface area contributed by atoms with Crippen LogP contribution in [0.4, 0.5) is 5.69 Å². The van der Waals surface area contributed by atoms with E-state index in [1.807, 2.05) is 62.6 Å². The Labute approximate surface area is 150 Å². The van der Waals surface area contributed by atoms with Gasteiger partial charge in [0.15, 0.2) is 5.65 Å². The number of rotatable bonds is 3.